The molecule has 4 nitrogen and oxygen atoms in total. The van der Waals surface area contributed by atoms with Crippen LogP contribution in [0.15, 0.2) is 24.3 Å². The summed E-state index contributed by atoms with van der Waals surface area (Å²) in [5.74, 6) is -1.94. The van der Waals surface area contributed by atoms with Crippen molar-refractivity contribution < 1.29 is 19.1 Å². The van der Waals surface area contributed by atoms with Gasteiger partial charge in [0.25, 0.3) is 0 Å². The molecule has 0 aromatic heterocycles. The first kappa shape index (κ1) is 14.6. The van der Waals surface area contributed by atoms with Crippen LogP contribution in [0.3, 0.4) is 0 Å². The molecule has 1 aromatic rings. The Morgan fingerprint density at radius 3 is 2.35 bits per heavy atom. The van der Waals surface area contributed by atoms with Gasteiger partial charge in [0.1, 0.15) is 0 Å². The predicted molar refractivity (Wildman–Crippen MR) is 74.3 cm³/mol. The van der Waals surface area contributed by atoms with Crippen LogP contribution < -0.4 is 0 Å². The monoisotopic (exact) mass is 276 g/mol. The van der Waals surface area contributed by atoms with Gasteiger partial charge in [0.05, 0.1) is 13.2 Å². The van der Waals surface area contributed by atoms with Crippen LogP contribution in [0.5, 0.6) is 0 Å². The second-order valence-electron chi connectivity index (χ2n) is 4.83. The molecule has 0 spiro atoms. The average molecular weight is 276 g/mol. The predicted octanol–water partition coefficient (Wildman–Crippen LogP) is 2.46. The van der Waals surface area contributed by atoms with Crippen LogP contribution in [-0.2, 0) is 25.5 Å². The van der Waals surface area contributed by atoms with Crippen molar-refractivity contribution in [3.05, 3.63) is 35.4 Å². The number of rotatable bonds is 5. The van der Waals surface area contributed by atoms with Gasteiger partial charge in [-0.05, 0) is 37.8 Å². The molecule has 4 heteroatoms. The minimum atomic E-state index is -0.849. The van der Waals surface area contributed by atoms with Gasteiger partial charge in [-0.1, -0.05) is 24.3 Å². The van der Waals surface area contributed by atoms with E-state index in [0.29, 0.717) is 0 Å². The van der Waals surface area contributed by atoms with E-state index in [1.54, 1.807) is 13.8 Å². The smallest absolute Gasteiger partial charge is 0.320 e. The quantitative estimate of drug-likeness (QED) is 0.612. The zero-order valence-electron chi connectivity index (χ0n) is 11.9. The minimum absolute atomic E-state index is 0.135. The average Bonchev–Trinajstić information content (AvgIpc) is 2.84. The number of hydrogen-bond acceptors (Lipinski definition) is 4. The van der Waals surface area contributed by atoms with E-state index in [9.17, 15) is 9.59 Å². The highest BCUT2D eigenvalue weighted by atomic mass is 16.6. The van der Waals surface area contributed by atoms with E-state index >= 15 is 0 Å². The van der Waals surface area contributed by atoms with Gasteiger partial charge in [-0.25, -0.2) is 0 Å². The minimum Gasteiger partial charge on any atom is -0.465 e. The maximum absolute atomic E-state index is 12.1. The van der Waals surface area contributed by atoms with Gasteiger partial charge in [0.15, 0.2) is 5.92 Å². The van der Waals surface area contributed by atoms with Gasteiger partial charge in [0, 0.05) is 5.92 Å². The van der Waals surface area contributed by atoms with Crippen LogP contribution in [0, 0.1) is 5.92 Å². The maximum atomic E-state index is 12.1. The van der Waals surface area contributed by atoms with E-state index < -0.39 is 17.9 Å². The summed E-state index contributed by atoms with van der Waals surface area (Å²) in [7, 11) is 0. The summed E-state index contributed by atoms with van der Waals surface area (Å²) >= 11 is 0. The van der Waals surface area contributed by atoms with Crippen LogP contribution in [0.1, 0.15) is 37.3 Å². The zero-order valence-corrected chi connectivity index (χ0v) is 11.9. The Kier molecular flexibility index (Phi) is 4.77. The summed E-state index contributed by atoms with van der Waals surface area (Å²) < 4.78 is 10.1. The molecule has 1 aromatic carbocycles. The Hall–Kier alpha value is -1.84. The van der Waals surface area contributed by atoms with Gasteiger partial charge >= 0.3 is 11.9 Å². The van der Waals surface area contributed by atoms with Crippen molar-refractivity contribution in [1.82, 2.24) is 0 Å². The fourth-order valence-electron chi connectivity index (χ4n) is 2.83. The number of hydrogen-bond donors (Lipinski definition) is 0. The molecule has 108 valence electrons. The van der Waals surface area contributed by atoms with E-state index in [0.717, 1.165) is 18.4 Å². The molecule has 1 aliphatic carbocycles. The number of aryl methyl sites for hydroxylation is 1. The summed E-state index contributed by atoms with van der Waals surface area (Å²) in [5.41, 5.74) is 2.27. The number of fused-ring (bicyclic) bond motifs is 1. The maximum Gasteiger partial charge on any atom is 0.320 e. The molecule has 0 bridgehead atoms. The molecule has 1 aliphatic rings. The van der Waals surface area contributed by atoms with Crippen molar-refractivity contribution in [1.29, 1.82) is 0 Å². The van der Waals surface area contributed by atoms with Crippen LogP contribution in [0.4, 0.5) is 0 Å². The lowest BCUT2D eigenvalue weighted by Gasteiger charge is -2.21. The molecule has 0 saturated carbocycles. The lowest BCUT2D eigenvalue weighted by molar-refractivity contribution is -0.162. The molecule has 0 saturated heterocycles. The summed E-state index contributed by atoms with van der Waals surface area (Å²) in [5, 5.41) is 0. The SMILES string of the molecule is CCOC(=O)C(C(=O)OCC)C1CCc2ccccc21. The lowest BCUT2D eigenvalue weighted by Crippen LogP contribution is -2.32. The first-order chi connectivity index (χ1) is 9.69. The molecule has 0 fully saturated rings. The van der Waals surface area contributed by atoms with E-state index in [-0.39, 0.29) is 19.1 Å². The van der Waals surface area contributed by atoms with Crippen molar-refractivity contribution in [2.24, 2.45) is 5.92 Å². The molecule has 0 N–H and O–H groups in total. The van der Waals surface area contributed by atoms with Crippen molar-refractivity contribution >= 4 is 11.9 Å². The van der Waals surface area contributed by atoms with E-state index in [1.807, 2.05) is 24.3 Å². The Balaban J connectivity index is 2.28. The Bertz CT molecular complexity index is 477. The second kappa shape index (κ2) is 6.55. The standard InChI is InChI=1S/C16H20O4/c1-3-19-15(17)14(16(18)20-4-2)13-10-9-11-7-5-6-8-12(11)13/h5-8,13-14H,3-4,9-10H2,1-2H3. The Labute approximate surface area is 119 Å². The van der Waals surface area contributed by atoms with Gasteiger partial charge < -0.3 is 9.47 Å². The molecule has 0 heterocycles. The first-order valence-corrected chi connectivity index (χ1v) is 7.10. The highest BCUT2D eigenvalue weighted by molar-refractivity contribution is 5.96. The zero-order chi connectivity index (χ0) is 14.5. The van der Waals surface area contributed by atoms with Crippen molar-refractivity contribution in [3.63, 3.8) is 0 Å². The van der Waals surface area contributed by atoms with Gasteiger partial charge in [0.2, 0.25) is 0 Å². The fraction of sp³-hybridized carbons (Fsp3) is 0.500. The number of carbonyl (C=O) groups is 2. The van der Waals surface area contributed by atoms with E-state index in [1.165, 1.54) is 5.56 Å². The Morgan fingerprint density at radius 2 is 1.75 bits per heavy atom. The highest BCUT2D eigenvalue weighted by Crippen LogP contribution is 2.39. The molecular weight excluding hydrogens is 256 g/mol. The molecule has 20 heavy (non-hydrogen) atoms. The van der Waals surface area contributed by atoms with Crippen LogP contribution in [-0.4, -0.2) is 25.2 Å². The molecule has 1 atom stereocenters. The van der Waals surface area contributed by atoms with Gasteiger partial charge in [-0.15, -0.1) is 0 Å². The third kappa shape index (κ3) is 2.84. The summed E-state index contributed by atoms with van der Waals surface area (Å²) in [6.45, 7) is 4.01. The third-order valence-electron chi connectivity index (χ3n) is 3.66. The third-order valence-corrected chi connectivity index (χ3v) is 3.66. The molecule has 2 rings (SSSR count). The molecule has 1 unspecified atom stereocenters. The summed E-state index contributed by atoms with van der Waals surface area (Å²) in [6, 6.07) is 7.94. The molecular formula is C16H20O4. The topological polar surface area (TPSA) is 52.6 Å². The highest BCUT2D eigenvalue weighted by Gasteiger charge is 2.41. The number of esters is 2. The van der Waals surface area contributed by atoms with E-state index in [2.05, 4.69) is 0 Å². The van der Waals surface area contributed by atoms with E-state index in [4.69, 9.17) is 9.47 Å². The lowest BCUT2D eigenvalue weighted by atomic mass is 9.87. The fourth-order valence-corrected chi connectivity index (χ4v) is 2.83. The molecule has 0 amide bonds. The largest absolute Gasteiger partial charge is 0.465 e. The number of ether oxygens (including phenoxy) is 2. The van der Waals surface area contributed by atoms with Crippen molar-refractivity contribution in [3.8, 4) is 0 Å². The van der Waals surface area contributed by atoms with Crippen molar-refractivity contribution in [2.75, 3.05) is 13.2 Å². The normalized spacial score (nSPS) is 16.9. The number of carbonyl (C=O) groups excluding carboxylic acids is 2. The van der Waals surface area contributed by atoms with Gasteiger partial charge in [-0.2, -0.15) is 0 Å². The van der Waals surface area contributed by atoms with Crippen molar-refractivity contribution in [2.45, 2.75) is 32.6 Å². The van der Waals surface area contributed by atoms with Crippen LogP contribution in [0.2, 0.25) is 0 Å². The molecule has 0 aliphatic heterocycles. The summed E-state index contributed by atoms with van der Waals surface area (Å²) in [6.07, 6.45) is 1.66. The Morgan fingerprint density at radius 1 is 1.15 bits per heavy atom. The van der Waals surface area contributed by atoms with Crippen LogP contribution >= 0.6 is 0 Å². The molecule has 0 radical (unpaired) electrons. The number of benzene rings is 1. The summed E-state index contributed by atoms with van der Waals surface area (Å²) in [4.78, 5) is 24.3. The first-order valence-electron chi connectivity index (χ1n) is 7.10. The second-order valence-corrected chi connectivity index (χ2v) is 4.83. The van der Waals surface area contributed by atoms with Gasteiger partial charge in [-0.3, -0.25) is 9.59 Å². The van der Waals surface area contributed by atoms with Crippen LogP contribution in [0.25, 0.3) is 0 Å².